The van der Waals surface area contributed by atoms with Crippen LogP contribution in [0.2, 0.25) is 0 Å². The van der Waals surface area contributed by atoms with E-state index in [1.165, 1.54) is 22.2 Å². The first-order valence-corrected chi connectivity index (χ1v) is 7.46. The van der Waals surface area contributed by atoms with Gasteiger partial charge in [0.1, 0.15) is 16.2 Å². The van der Waals surface area contributed by atoms with Crippen molar-refractivity contribution in [1.29, 1.82) is 0 Å². The molecule has 3 heterocycles. The summed E-state index contributed by atoms with van der Waals surface area (Å²) >= 11 is 3.19. The summed E-state index contributed by atoms with van der Waals surface area (Å²) in [5.74, 6) is 0. The lowest BCUT2D eigenvalue weighted by atomic mass is 10.2. The number of hydrogen-bond acceptors (Lipinski definition) is 6. The molecule has 0 N–H and O–H groups in total. The molecule has 3 rings (SSSR count). The minimum Gasteiger partial charge on any atom is -0.231 e. The normalized spacial score (nSPS) is 11.1. The summed E-state index contributed by atoms with van der Waals surface area (Å²) < 4.78 is 0. The molecule has 4 nitrogen and oxygen atoms in total. The van der Waals surface area contributed by atoms with E-state index in [0.29, 0.717) is 0 Å². The molecule has 19 heavy (non-hydrogen) atoms. The minimum absolute atomic E-state index is 0.725. The van der Waals surface area contributed by atoms with Crippen LogP contribution in [0.25, 0.3) is 10.2 Å². The van der Waals surface area contributed by atoms with Crippen molar-refractivity contribution in [2.45, 2.75) is 31.0 Å². The summed E-state index contributed by atoms with van der Waals surface area (Å²) in [6, 6.07) is 1.89. The van der Waals surface area contributed by atoms with Gasteiger partial charge in [-0.3, -0.25) is 0 Å². The van der Waals surface area contributed by atoms with Gasteiger partial charge in [-0.25, -0.2) is 19.9 Å². The second-order valence-electron chi connectivity index (χ2n) is 4.22. The molecule has 3 aromatic heterocycles. The Bertz CT molecular complexity index is 751. The fourth-order valence-corrected chi connectivity index (χ4v) is 3.78. The highest BCUT2D eigenvalue weighted by Crippen LogP contribution is 2.36. The smallest absolute Gasteiger partial charge is 0.194 e. The van der Waals surface area contributed by atoms with E-state index in [4.69, 9.17) is 0 Å². The van der Waals surface area contributed by atoms with Crippen molar-refractivity contribution in [2.75, 3.05) is 0 Å². The topological polar surface area (TPSA) is 51.6 Å². The van der Waals surface area contributed by atoms with Crippen molar-refractivity contribution < 1.29 is 0 Å². The predicted molar refractivity (Wildman–Crippen MR) is 77.8 cm³/mol. The number of thiophene rings is 1. The van der Waals surface area contributed by atoms with Gasteiger partial charge in [0, 0.05) is 22.2 Å². The van der Waals surface area contributed by atoms with Crippen LogP contribution in [-0.2, 0) is 0 Å². The average molecular weight is 288 g/mol. The van der Waals surface area contributed by atoms with Gasteiger partial charge in [-0.1, -0.05) is 0 Å². The number of aromatic nitrogens is 4. The third-order valence-corrected chi connectivity index (χ3v) is 4.89. The van der Waals surface area contributed by atoms with E-state index in [0.717, 1.165) is 26.1 Å². The van der Waals surface area contributed by atoms with Crippen molar-refractivity contribution >= 4 is 33.3 Å². The molecule has 0 spiro atoms. The standard InChI is InChI=1S/C13H12N4S2/c1-7-4-5-14-13(17-7)19-12-10-8(2)9(3)18-11(10)15-6-16-12/h4-6H,1-3H3. The van der Waals surface area contributed by atoms with E-state index in [2.05, 4.69) is 33.8 Å². The molecule has 0 saturated carbocycles. The van der Waals surface area contributed by atoms with Gasteiger partial charge in [-0.2, -0.15) is 0 Å². The lowest BCUT2D eigenvalue weighted by Crippen LogP contribution is -1.90. The molecule has 0 aromatic carbocycles. The Morgan fingerprint density at radius 2 is 1.95 bits per heavy atom. The molecule has 0 aliphatic heterocycles. The monoisotopic (exact) mass is 288 g/mol. The molecule has 0 aliphatic carbocycles. The number of rotatable bonds is 2. The first-order valence-electron chi connectivity index (χ1n) is 5.83. The third kappa shape index (κ3) is 2.33. The van der Waals surface area contributed by atoms with Gasteiger partial charge in [-0.05, 0) is 44.2 Å². The zero-order valence-electron chi connectivity index (χ0n) is 10.8. The van der Waals surface area contributed by atoms with Crippen LogP contribution in [0.1, 0.15) is 16.1 Å². The van der Waals surface area contributed by atoms with E-state index in [9.17, 15) is 0 Å². The molecule has 0 atom stereocenters. The van der Waals surface area contributed by atoms with Crippen molar-refractivity contribution in [3.05, 3.63) is 34.7 Å². The maximum atomic E-state index is 4.41. The highest BCUT2D eigenvalue weighted by molar-refractivity contribution is 7.99. The van der Waals surface area contributed by atoms with E-state index >= 15 is 0 Å². The van der Waals surface area contributed by atoms with Gasteiger partial charge >= 0.3 is 0 Å². The molecule has 0 unspecified atom stereocenters. The Kier molecular flexibility index (Phi) is 3.20. The van der Waals surface area contributed by atoms with Gasteiger partial charge < -0.3 is 0 Å². The maximum Gasteiger partial charge on any atom is 0.194 e. The Labute approximate surface area is 119 Å². The van der Waals surface area contributed by atoms with E-state index in [1.807, 2.05) is 13.0 Å². The fraction of sp³-hybridized carbons (Fsp3) is 0.231. The molecule has 96 valence electrons. The number of hydrogen-bond donors (Lipinski definition) is 0. The van der Waals surface area contributed by atoms with Crippen LogP contribution >= 0.6 is 23.1 Å². The lowest BCUT2D eigenvalue weighted by molar-refractivity contribution is 0.928. The zero-order chi connectivity index (χ0) is 13.4. The van der Waals surface area contributed by atoms with E-state index in [-0.39, 0.29) is 0 Å². The number of aryl methyl sites for hydroxylation is 3. The van der Waals surface area contributed by atoms with Gasteiger partial charge in [0.25, 0.3) is 0 Å². The molecule has 6 heteroatoms. The van der Waals surface area contributed by atoms with Gasteiger partial charge in [0.2, 0.25) is 0 Å². The quantitative estimate of drug-likeness (QED) is 0.533. The molecule has 0 aliphatic rings. The molecule has 0 saturated heterocycles. The number of nitrogens with zero attached hydrogens (tertiary/aromatic N) is 4. The largest absolute Gasteiger partial charge is 0.231 e. The minimum atomic E-state index is 0.725. The van der Waals surface area contributed by atoms with Crippen LogP contribution in [-0.4, -0.2) is 19.9 Å². The molecule has 3 aromatic rings. The Morgan fingerprint density at radius 3 is 2.74 bits per heavy atom. The number of fused-ring (bicyclic) bond motifs is 1. The second kappa shape index (κ2) is 4.86. The Hall–Kier alpha value is -1.53. The van der Waals surface area contributed by atoms with Crippen molar-refractivity contribution in [2.24, 2.45) is 0 Å². The van der Waals surface area contributed by atoms with E-state index < -0.39 is 0 Å². The van der Waals surface area contributed by atoms with Gasteiger partial charge in [-0.15, -0.1) is 11.3 Å². The predicted octanol–water partition coefficient (Wildman–Crippen LogP) is 3.56. The third-order valence-electron chi connectivity index (χ3n) is 2.89. The first kappa shape index (κ1) is 12.5. The molecular weight excluding hydrogens is 276 g/mol. The first-order chi connectivity index (χ1) is 9.15. The Morgan fingerprint density at radius 1 is 1.11 bits per heavy atom. The van der Waals surface area contributed by atoms with Crippen molar-refractivity contribution in [3.63, 3.8) is 0 Å². The summed E-state index contributed by atoms with van der Waals surface area (Å²) in [5.41, 5.74) is 2.21. The summed E-state index contributed by atoms with van der Waals surface area (Å²) in [6.07, 6.45) is 3.38. The summed E-state index contributed by atoms with van der Waals surface area (Å²) in [6.45, 7) is 6.18. The molecule has 0 bridgehead atoms. The fourth-order valence-electron chi connectivity index (χ4n) is 1.79. The van der Waals surface area contributed by atoms with Crippen LogP contribution in [0.4, 0.5) is 0 Å². The molecule has 0 fully saturated rings. The van der Waals surface area contributed by atoms with Crippen LogP contribution in [0, 0.1) is 20.8 Å². The highest BCUT2D eigenvalue weighted by atomic mass is 32.2. The second-order valence-corrected chi connectivity index (χ2v) is 6.38. The lowest BCUT2D eigenvalue weighted by Gasteiger charge is -2.02. The summed E-state index contributed by atoms with van der Waals surface area (Å²) in [4.78, 5) is 19.7. The van der Waals surface area contributed by atoms with Crippen LogP contribution < -0.4 is 0 Å². The summed E-state index contributed by atoms with van der Waals surface area (Å²) in [5, 5.41) is 2.78. The maximum absolute atomic E-state index is 4.41. The van der Waals surface area contributed by atoms with Crippen LogP contribution in [0.5, 0.6) is 0 Å². The van der Waals surface area contributed by atoms with E-state index in [1.54, 1.807) is 23.9 Å². The molecule has 0 radical (unpaired) electrons. The van der Waals surface area contributed by atoms with Crippen LogP contribution in [0.3, 0.4) is 0 Å². The van der Waals surface area contributed by atoms with Gasteiger partial charge in [0.15, 0.2) is 5.16 Å². The zero-order valence-corrected chi connectivity index (χ0v) is 12.5. The van der Waals surface area contributed by atoms with Crippen LogP contribution in [0.15, 0.2) is 28.8 Å². The van der Waals surface area contributed by atoms with Crippen molar-refractivity contribution in [1.82, 2.24) is 19.9 Å². The Balaban J connectivity index is 2.10. The SMILES string of the molecule is Cc1ccnc(Sc2ncnc3sc(C)c(C)c23)n1. The van der Waals surface area contributed by atoms with Gasteiger partial charge in [0.05, 0.1) is 0 Å². The van der Waals surface area contributed by atoms with Crippen molar-refractivity contribution in [3.8, 4) is 0 Å². The summed E-state index contributed by atoms with van der Waals surface area (Å²) in [7, 11) is 0. The highest BCUT2D eigenvalue weighted by Gasteiger charge is 2.13. The molecule has 0 amide bonds. The molecular formula is C13H12N4S2. The average Bonchev–Trinajstić information content (AvgIpc) is 2.66.